The molecule has 0 saturated carbocycles. The molecule has 31 heavy (non-hydrogen) atoms. The van der Waals surface area contributed by atoms with Gasteiger partial charge in [-0.1, -0.05) is 13.0 Å². The predicted molar refractivity (Wildman–Crippen MR) is 119 cm³/mol. The Morgan fingerprint density at radius 2 is 1.97 bits per heavy atom. The third-order valence-electron chi connectivity index (χ3n) is 5.05. The Hall–Kier alpha value is -3.32. The van der Waals surface area contributed by atoms with Crippen molar-refractivity contribution in [3.63, 3.8) is 0 Å². The molecule has 1 aromatic carbocycles. The first kappa shape index (κ1) is 22.4. The van der Waals surface area contributed by atoms with Crippen LogP contribution in [0.4, 0.5) is 0 Å². The number of nitrogens with zero attached hydrogens (tertiary/aromatic N) is 3. The van der Waals surface area contributed by atoms with Gasteiger partial charge in [0.15, 0.2) is 0 Å². The smallest absolute Gasteiger partial charge is 0.251 e. The van der Waals surface area contributed by atoms with Crippen molar-refractivity contribution >= 4 is 12.2 Å². The lowest BCUT2D eigenvalue weighted by atomic mass is 10.00. The summed E-state index contributed by atoms with van der Waals surface area (Å²) < 4.78 is 1.86. The van der Waals surface area contributed by atoms with Crippen LogP contribution in [0.3, 0.4) is 0 Å². The van der Waals surface area contributed by atoms with Crippen LogP contribution in [-0.4, -0.2) is 44.7 Å². The lowest BCUT2D eigenvalue weighted by Crippen LogP contribution is -2.35. The van der Waals surface area contributed by atoms with Crippen LogP contribution in [0.1, 0.15) is 36.2 Å². The van der Waals surface area contributed by atoms with Gasteiger partial charge in [-0.3, -0.25) is 14.5 Å². The lowest BCUT2D eigenvalue weighted by Gasteiger charge is -2.15. The molecule has 3 aromatic rings. The average Bonchev–Trinajstić information content (AvgIpc) is 3.22. The summed E-state index contributed by atoms with van der Waals surface area (Å²) >= 11 is 0. The number of rotatable bonds is 9. The first-order chi connectivity index (χ1) is 14.9. The number of benzene rings is 1. The number of aromatic nitrogens is 3. The van der Waals surface area contributed by atoms with Crippen LogP contribution in [0.15, 0.2) is 48.8 Å². The van der Waals surface area contributed by atoms with Gasteiger partial charge in [-0.25, -0.2) is 0 Å². The molecular weight excluding hydrogens is 392 g/mol. The van der Waals surface area contributed by atoms with Gasteiger partial charge in [0.05, 0.1) is 18.0 Å². The summed E-state index contributed by atoms with van der Waals surface area (Å²) in [7, 11) is 0. The SMILES string of the molecule is Cc1ccc(-c2cc(C(=O)N[C@@H](C)CO)cc(-c3ccnn3CC(C)CC=O)c2)nc1. The molecule has 2 aromatic heterocycles. The van der Waals surface area contributed by atoms with E-state index >= 15 is 0 Å². The van der Waals surface area contributed by atoms with E-state index in [1.165, 1.54) is 0 Å². The summed E-state index contributed by atoms with van der Waals surface area (Å²) in [4.78, 5) is 28.2. The topological polar surface area (TPSA) is 97.1 Å². The van der Waals surface area contributed by atoms with Gasteiger partial charge in [0.1, 0.15) is 6.29 Å². The molecule has 1 amide bonds. The van der Waals surface area contributed by atoms with E-state index in [9.17, 15) is 14.7 Å². The van der Waals surface area contributed by atoms with E-state index in [0.717, 1.165) is 34.4 Å². The monoisotopic (exact) mass is 420 g/mol. The second-order valence-corrected chi connectivity index (χ2v) is 7.98. The van der Waals surface area contributed by atoms with E-state index in [1.807, 2.05) is 48.9 Å². The molecule has 1 unspecified atom stereocenters. The maximum Gasteiger partial charge on any atom is 0.251 e. The molecule has 0 saturated heterocycles. The number of hydrogen-bond acceptors (Lipinski definition) is 5. The zero-order chi connectivity index (χ0) is 22.4. The summed E-state index contributed by atoms with van der Waals surface area (Å²) in [5.41, 5.74) is 4.79. The fourth-order valence-electron chi connectivity index (χ4n) is 3.30. The molecule has 0 bridgehead atoms. The average molecular weight is 421 g/mol. The largest absolute Gasteiger partial charge is 0.394 e. The molecule has 7 nitrogen and oxygen atoms in total. The number of amides is 1. The minimum atomic E-state index is -0.355. The van der Waals surface area contributed by atoms with Crippen molar-refractivity contribution in [1.29, 1.82) is 0 Å². The first-order valence-electron chi connectivity index (χ1n) is 10.4. The van der Waals surface area contributed by atoms with Gasteiger partial charge in [0.2, 0.25) is 0 Å². The van der Waals surface area contributed by atoms with Crippen molar-refractivity contribution < 1.29 is 14.7 Å². The van der Waals surface area contributed by atoms with Crippen molar-refractivity contribution in [3.05, 3.63) is 59.9 Å². The van der Waals surface area contributed by atoms with Crippen LogP contribution in [0, 0.1) is 12.8 Å². The number of carbonyl (C=O) groups is 2. The van der Waals surface area contributed by atoms with Crippen LogP contribution in [-0.2, 0) is 11.3 Å². The number of aryl methyl sites for hydroxylation is 1. The van der Waals surface area contributed by atoms with Crippen molar-refractivity contribution in [3.8, 4) is 22.5 Å². The third kappa shape index (κ3) is 5.64. The Bertz CT molecular complexity index is 1040. The zero-order valence-electron chi connectivity index (χ0n) is 18.1. The van der Waals surface area contributed by atoms with Crippen LogP contribution in [0.25, 0.3) is 22.5 Å². The van der Waals surface area contributed by atoms with Gasteiger partial charge in [0, 0.05) is 48.1 Å². The van der Waals surface area contributed by atoms with E-state index in [0.29, 0.717) is 18.5 Å². The fraction of sp³-hybridized carbons (Fsp3) is 0.333. The normalized spacial score (nSPS) is 12.9. The Kier molecular flexibility index (Phi) is 7.31. The highest BCUT2D eigenvalue weighted by molar-refractivity contribution is 5.97. The number of aliphatic hydroxyl groups is 1. The van der Waals surface area contributed by atoms with Crippen LogP contribution in [0.5, 0.6) is 0 Å². The van der Waals surface area contributed by atoms with E-state index in [-0.39, 0.29) is 24.5 Å². The zero-order valence-corrected chi connectivity index (χ0v) is 18.1. The summed E-state index contributed by atoms with van der Waals surface area (Å²) in [6.45, 7) is 6.17. The summed E-state index contributed by atoms with van der Waals surface area (Å²) in [5, 5.41) is 16.5. The van der Waals surface area contributed by atoms with Gasteiger partial charge in [-0.2, -0.15) is 5.10 Å². The minimum Gasteiger partial charge on any atom is -0.394 e. The molecule has 3 rings (SSSR count). The summed E-state index contributed by atoms with van der Waals surface area (Å²) in [6.07, 6.45) is 4.88. The number of pyridine rings is 1. The molecule has 2 heterocycles. The molecule has 0 spiro atoms. The lowest BCUT2D eigenvalue weighted by molar-refractivity contribution is -0.108. The molecular formula is C24H28N4O3. The maximum atomic E-state index is 12.8. The molecule has 2 atom stereocenters. The number of nitrogens with one attached hydrogen (secondary N) is 1. The van der Waals surface area contributed by atoms with Crippen LogP contribution >= 0.6 is 0 Å². The Balaban J connectivity index is 2.05. The Labute approximate surface area is 182 Å². The Morgan fingerprint density at radius 1 is 1.19 bits per heavy atom. The first-order valence-corrected chi connectivity index (χ1v) is 10.4. The quantitative estimate of drug-likeness (QED) is 0.518. The summed E-state index contributed by atoms with van der Waals surface area (Å²) in [5.74, 6) is -0.122. The van der Waals surface area contributed by atoms with Gasteiger partial charge in [0.25, 0.3) is 5.91 Å². The van der Waals surface area contributed by atoms with Gasteiger partial charge >= 0.3 is 0 Å². The number of hydrogen-bond donors (Lipinski definition) is 2. The fourth-order valence-corrected chi connectivity index (χ4v) is 3.30. The molecule has 0 radical (unpaired) electrons. The van der Waals surface area contributed by atoms with Gasteiger partial charge in [-0.05, 0) is 55.7 Å². The van der Waals surface area contributed by atoms with Crippen LogP contribution < -0.4 is 5.32 Å². The highest BCUT2D eigenvalue weighted by Crippen LogP contribution is 2.28. The second kappa shape index (κ2) is 10.1. The van der Waals surface area contributed by atoms with Gasteiger partial charge < -0.3 is 15.2 Å². The van der Waals surface area contributed by atoms with E-state index in [1.54, 1.807) is 25.4 Å². The standard InChI is InChI=1S/C24H28N4O3/c1-16-4-5-22(25-13-16)19-10-20(12-21(11-19)24(31)27-18(3)15-30)23-6-8-26-28(23)14-17(2)7-9-29/h4-6,8-13,17-18,30H,7,14-15H2,1-3H3,(H,27,31)/t17?,18-/m0/s1. The highest BCUT2D eigenvalue weighted by Gasteiger charge is 2.16. The Morgan fingerprint density at radius 3 is 2.65 bits per heavy atom. The highest BCUT2D eigenvalue weighted by atomic mass is 16.3. The van der Waals surface area contributed by atoms with E-state index in [4.69, 9.17) is 0 Å². The molecule has 0 aliphatic heterocycles. The molecule has 0 aliphatic carbocycles. The van der Waals surface area contributed by atoms with Crippen molar-refractivity contribution in [1.82, 2.24) is 20.1 Å². The minimum absolute atomic E-state index is 0.140. The van der Waals surface area contributed by atoms with Crippen LogP contribution in [0.2, 0.25) is 0 Å². The van der Waals surface area contributed by atoms with Crippen molar-refractivity contribution in [2.45, 2.75) is 39.8 Å². The van der Waals surface area contributed by atoms with E-state index in [2.05, 4.69) is 15.4 Å². The summed E-state index contributed by atoms with van der Waals surface area (Å²) in [6, 6.07) is 11.1. The predicted octanol–water partition coefficient (Wildman–Crippen LogP) is 3.26. The number of aldehydes is 1. The molecule has 0 aliphatic rings. The van der Waals surface area contributed by atoms with Crippen molar-refractivity contribution in [2.75, 3.05) is 6.61 Å². The third-order valence-corrected chi connectivity index (χ3v) is 5.05. The van der Waals surface area contributed by atoms with Gasteiger partial charge in [-0.15, -0.1) is 0 Å². The molecule has 7 heteroatoms. The molecule has 2 N–H and O–H groups in total. The second-order valence-electron chi connectivity index (χ2n) is 7.98. The number of aliphatic hydroxyl groups excluding tert-OH is 1. The van der Waals surface area contributed by atoms with Crippen molar-refractivity contribution in [2.24, 2.45) is 5.92 Å². The molecule has 162 valence electrons. The maximum absolute atomic E-state index is 12.8. The molecule has 0 fully saturated rings. The van der Waals surface area contributed by atoms with E-state index < -0.39 is 0 Å². The number of carbonyl (C=O) groups excluding carboxylic acids is 2.